The van der Waals surface area contributed by atoms with E-state index in [0.29, 0.717) is 0 Å². The standard InChI is InChI=1S/C19H38.H2O/c1-5-8-11-18-16-17(4)12-15-19(18,13-9-6-2)14-10-7-3;/h17-18H,5-16H2,1-4H3;1H2. The second-order valence-corrected chi connectivity index (χ2v) is 7.29. The third-order valence-electron chi connectivity index (χ3n) is 5.65. The van der Waals surface area contributed by atoms with Gasteiger partial charge in [-0.1, -0.05) is 72.6 Å². The average molecular weight is 285 g/mol. The Bertz CT molecular complexity index is 210. The first-order chi connectivity index (χ1) is 9.18. The maximum atomic E-state index is 2.49. The molecule has 0 spiro atoms. The van der Waals surface area contributed by atoms with E-state index in [1.54, 1.807) is 0 Å². The van der Waals surface area contributed by atoms with Crippen LogP contribution in [0.15, 0.2) is 0 Å². The van der Waals surface area contributed by atoms with Crippen LogP contribution in [0.4, 0.5) is 0 Å². The molecule has 0 aromatic rings. The molecule has 1 nitrogen and oxygen atoms in total. The zero-order chi connectivity index (χ0) is 14.1. The van der Waals surface area contributed by atoms with Crippen LogP contribution in [-0.2, 0) is 0 Å². The quantitative estimate of drug-likeness (QED) is 0.486. The van der Waals surface area contributed by atoms with Crippen LogP contribution in [0, 0.1) is 17.3 Å². The van der Waals surface area contributed by atoms with E-state index in [-0.39, 0.29) is 5.48 Å². The molecule has 2 atom stereocenters. The molecule has 0 saturated heterocycles. The van der Waals surface area contributed by atoms with Gasteiger partial charge in [0.2, 0.25) is 0 Å². The first-order valence-electron chi connectivity index (χ1n) is 9.18. The Labute approximate surface area is 128 Å². The van der Waals surface area contributed by atoms with Crippen molar-refractivity contribution in [2.75, 3.05) is 0 Å². The van der Waals surface area contributed by atoms with Crippen LogP contribution in [0.1, 0.15) is 105 Å². The first kappa shape index (κ1) is 20.0. The summed E-state index contributed by atoms with van der Waals surface area (Å²) in [5.74, 6) is 2.02. The Balaban J connectivity index is 0.00000361. The lowest BCUT2D eigenvalue weighted by Gasteiger charge is -2.47. The summed E-state index contributed by atoms with van der Waals surface area (Å²) in [5.41, 5.74) is 0.730. The van der Waals surface area contributed by atoms with E-state index in [1.807, 2.05) is 0 Å². The lowest BCUT2D eigenvalue weighted by molar-refractivity contribution is 0.0360. The van der Waals surface area contributed by atoms with E-state index >= 15 is 0 Å². The fourth-order valence-corrected chi connectivity index (χ4v) is 4.31. The maximum Gasteiger partial charge on any atom is -0.0269 e. The summed E-state index contributed by atoms with van der Waals surface area (Å²) in [6, 6.07) is 0. The Morgan fingerprint density at radius 2 is 1.45 bits per heavy atom. The van der Waals surface area contributed by atoms with Crippen LogP contribution >= 0.6 is 0 Å². The molecule has 20 heavy (non-hydrogen) atoms. The van der Waals surface area contributed by atoms with Gasteiger partial charge in [-0.15, -0.1) is 0 Å². The highest BCUT2D eigenvalue weighted by molar-refractivity contribution is 4.91. The van der Waals surface area contributed by atoms with Crippen LogP contribution in [0.2, 0.25) is 0 Å². The van der Waals surface area contributed by atoms with Crippen molar-refractivity contribution >= 4 is 0 Å². The van der Waals surface area contributed by atoms with Gasteiger partial charge in [0.1, 0.15) is 0 Å². The molecule has 1 aliphatic rings. The van der Waals surface area contributed by atoms with Gasteiger partial charge >= 0.3 is 0 Å². The minimum absolute atomic E-state index is 0. The van der Waals surface area contributed by atoms with Crippen molar-refractivity contribution < 1.29 is 5.48 Å². The van der Waals surface area contributed by atoms with Gasteiger partial charge in [0.05, 0.1) is 0 Å². The molecule has 2 N–H and O–H groups in total. The minimum Gasteiger partial charge on any atom is -0.412 e. The van der Waals surface area contributed by atoms with Crippen molar-refractivity contribution in [2.45, 2.75) is 105 Å². The van der Waals surface area contributed by atoms with Crippen LogP contribution in [-0.4, -0.2) is 5.48 Å². The molecule has 0 bridgehead atoms. The smallest absolute Gasteiger partial charge is 0.0269 e. The lowest BCUT2D eigenvalue weighted by atomic mass is 9.58. The molecule has 0 aromatic heterocycles. The summed E-state index contributed by atoms with van der Waals surface area (Å²) in [5, 5.41) is 0. The summed E-state index contributed by atoms with van der Waals surface area (Å²) in [6.45, 7) is 9.56. The molecule has 1 saturated carbocycles. The molecule has 1 rings (SSSR count). The van der Waals surface area contributed by atoms with Gasteiger partial charge in [-0.25, -0.2) is 0 Å². The van der Waals surface area contributed by atoms with Crippen LogP contribution in [0.3, 0.4) is 0 Å². The third kappa shape index (κ3) is 5.76. The van der Waals surface area contributed by atoms with Crippen LogP contribution < -0.4 is 0 Å². The van der Waals surface area contributed by atoms with E-state index in [9.17, 15) is 0 Å². The predicted molar refractivity (Wildman–Crippen MR) is 91.1 cm³/mol. The minimum atomic E-state index is 0. The SMILES string of the molecule is CCCCC1CC(C)CCC1(CCCC)CCCC.O. The van der Waals surface area contributed by atoms with Gasteiger partial charge in [0.25, 0.3) is 0 Å². The van der Waals surface area contributed by atoms with Crippen molar-refractivity contribution in [2.24, 2.45) is 17.3 Å². The first-order valence-corrected chi connectivity index (χ1v) is 9.18. The third-order valence-corrected chi connectivity index (χ3v) is 5.65. The molecular formula is C19H40O. The summed E-state index contributed by atoms with van der Waals surface area (Å²) in [6.07, 6.45) is 17.6. The average Bonchev–Trinajstić information content (AvgIpc) is 2.43. The topological polar surface area (TPSA) is 31.5 Å². The molecule has 0 radical (unpaired) electrons. The van der Waals surface area contributed by atoms with Crippen molar-refractivity contribution in [3.63, 3.8) is 0 Å². The zero-order valence-corrected chi connectivity index (χ0v) is 14.6. The largest absolute Gasteiger partial charge is 0.412 e. The molecular weight excluding hydrogens is 244 g/mol. The normalized spacial score (nSPS) is 25.2. The summed E-state index contributed by atoms with van der Waals surface area (Å²) in [4.78, 5) is 0. The highest BCUT2D eigenvalue weighted by atomic mass is 16.0. The van der Waals surface area contributed by atoms with Gasteiger partial charge in [0.15, 0.2) is 0 Å². The van der Waals surface area contributed by atoms with E-state index in [2.05, 4.69) is 27.7 Å². The Morgan fingerprint density at radius 1 is 0.900 bits per heavy atom. The summed E-state index contributed by atoms with van der Waals surface area (Å²) >= 11 is 0. The molecule has 2 unspecified atom stereocenters. The molecule has 0 aromatic carbocycles. The summed E-state index contributed by atoms with van der Waals surface area (Å²) < 4.78 is 0. The fraction of sp³-hybridized carbons (Fsp3) is 1.00. The highest BCUT2D eigenvalue weighted by Gasteiger charge is 2.40. The molecule has 122 valence electrons. The van der Waals surface area contributed by atoms with E-state index in [1.165, 1.54) is 77.0 Å². The van der Waals surface area contributed by atoms with Crippen LogP contribution in [0.25, 0.3) is 0 Å². The highest BCUT2D eigenvalue weighted by Crippen LogP contribution is 2.52. The Hall–Kier alpha value is -0.0400. The van der Waals surface area contributed by atoms with Crippen molar-refractivity contribution in [3.8, 4) is 0 Å². The van der Waals surface area contributed by atoms with Crippen LogP contribution in [0.5, 0.6) is 0 Å². The molecule has 0 amide bonds. The Kier molecular flexibility index (Phi) is 10.6. The van der Waals surface area contributed by atoms with Crippen molar-refractivity contribution in [3.05, 3.63) is 0 Å². The van der Waals surface area contributed by atoms with Crippen molar-refractivity contribution in [1.29, 1.82) is 0 Å². The van der Waals surface area contributed by atoms with Gasteiger partial charge in [-0.05, 0) is 49.4 Å². The maximum absolute atomic E-state index is 2.49. The van der Waals surface area contributed by atoms with E-state index < -0.39 is 0 Å². The van der Waals surface area contributed by atoms with E-state index in [0.717, 1.165) is 17.3 Å². The monoisotopic (exact) mass is 284 g/mol. The zero-order valence-electron chi connectivity index (χ0n) is 14.6. The number of unbranched alkanes of at least 4 members (excludes halogenated alkanes) is 3. The molecule has 1 heteroatoms. The van der Waals surface area contributed by atoms with Gasteiger partial charge in [0, 0.05) is 0 Å². The lowest BCUT2D eigenvalue weighted by Crippen LogP contribution is -2.36. The molecule has 0 heterocycles. The predicted octanol–water partition coefficient (Wildman–Crippen LogP) is 6.15. The molecule has 1 fully saturated rings. The number of rotatable bonds is 9. The second-order valence-electron chi connectivity index (χ2n) is 7.29. The Morgan fingerprint density at radius 3 is 1.95 bits per heavy atom. The fourth-order valence-electron chi connectivity index (χ4n) is 4.31. The molecule has 0 aliphatic heterocycles. The van der Waals surface area contributed by atoms with Crippen molar-refractivity contribution in [1.82, 2.24) is 0 Å². The van der Waals surface area contributed by atoms with Gasteiger partial charge in [-0.2, -0.15) is 0 Å². The number of hydrogen-bond acceptors (Lipinski definition) is 0. The van der Waals surface area contributed by atoms with Gasteiger partial charge < -0.3 is 5.48 Å². The summed E-state index contributed by atoms with van der Waals surface area (Å²) in [7, 11) is 0. The molecule has 1 aliphatic carbocycles. The van der Waals surface area contributed by atoms with E-state index in [4.69, 9.17) is 0 Å². The van der Waals surface area contributed by atoms with Gasteiger partial charge in [-0.3, -0.25) is 0 Å². The number of hydrogen-bond donors (Lipinski definition) is 0. The second kappa shape index (κ2) is 10.7.